The first-order valence-electron chi connectivity index (χ1n) is 13.6. The molecule has 42 heavy (non-hydrogen) atoms. The lowest BCUT2D eigenvalue weighted by atomic mass is 9.96. The number of carbonyl (C=O) groups excluding carboxylic acids is 2. The van der Waals surface area contributed by atoms with E-state index in [9.17, 15) is 23.2 Å². The zero-order chi connectivity index (χ0) is 30.9. The summed E-state index contributed by atoms with van der Waals surface area (Å²) < 4.78 is 64.7. The van der Waals surface area contributed by atoms with Gasteiger partial charge in [0, 0.05) is 62.7 Å². The molecule has 0 spiro atoms. The summed E-state index contributed by atoms with van der Waals surface area (Å²) in [5.41, 5.74) is -3.28. The van der Waals surface area contributed by atoms with Crippen molar-refractivity contribution in [2.45, 2.75) is 52.2 Å². The number of amides is 2. The maximum absolute atomic E-state index is 16.3. The van der Waals surface area contributed by atoms with Gasteiger partial charge in [0.15, 0.2) is 5.82 Å². The Balaban J connectivity index is 1.74. The molecule has 9 nitrogen and oxygen atoms in total. The van der Waals surface area contributed by atoms with E-state index in [0.29, 0.717) is 25.7 Å². The van der Waals surface area contributed by atoms with E-state index in [1.165, 1.54) is 11.0 Å². The Kier molecular flexibility index (Phi) is 9.00. The molecule has 2 amide bonds. The van der Waals surface area contributed by atoms with Gasteiger partial charge in [0.2, 0.25) is 5.56 Å². The largest absolute Gasteiger partial charge is 0.444 e. The van der Waals surface area contributed by atoms with E-state index in [-0.39, 0.29) is 48.1 Å². The number of halogens is 4. The molecule has 1 saturated heterocycles. The van der Waals surface area contributed by atoms with Crippen molar-refractivity contribution >= 4 is 28.9 Å². The number of hydrogen-bond donors (Lipinski definition) is 2. The van der Waals surface area contributed by atoms with Crippen LogP contribution in [0.15, 0.2) is 29.2 Å². The van der Waals surface area contributed by atoms with Gasteiger partial charge in [-0.15, -0.1) is 0 Å². The molecule has 13 heteroatoms. The summed E-state index contributed by atoms with van der Waals surface area (Å²) in [6.45, 7) is 8.73. The molecule has 2 N–H and O–H groups in total. The molecule has 4 rings (SSSR count). The number of aromatic amines is 1. The van der Waals surface area contributed by atoms with Gasteiger partial charge in [0.25, 0.3) is 12.3 Å². The van der Waals surface area contributed by atoms with E-state index in [1.807, 2.05) is 14.0 Å². The molecule has 0 radical (unpaired) electrons. The number of pyridine rings is 1. The number of likely N-dealkylation sites (N-methyl/N-ethyl adjacent to an activating group) is 1. The molecule has 0 unspecified atom stereocenters. The van der Waals surface area contributed by atoms with Crippen LogP contribution in [0.4, 0.5) is 33.7 Å². The first kappa shape index (κ1) is 31.1. The topological polar surface area (TPSA) is 98.0 Å². The molecule has 2 aliphatic heterocycles. The number of anilines is 2. The van der Waals surface area contributed by atoms with Gasteiger partial charge in [-0.1, -0.05) is 6.08 Å². The Morgan fingerprint density at radius 3 is 2.45 bits per heavy atom. The van der Waals surface area contributed by atoms with Crippen LogP contribution in [-0.4, -0.2) is 78.2 Å². The van der Waals surface area contributed by atoms with Gasteiger partial charge in [-0.3, -0.25) is 9.59 Å². The van der Waals surface area contributed by atoms with Crippen LogP contribution >= 0.6 is 0 Å². The summed E-state index contributed by atoms with van der Waals surface area (Å²) in [7, 11) is 1.92. The van der Waals surface area contributed by atoms with Gasteiger partial charge in [-0.25, -0.2) is 22.4 Å². The average Bonchev–Trinajstić information content (AvgIpc) is 2.91. The molecule has 2 aromatic rings. The molecular weight excluding hydrogens is 558 g/mol. The molecule has 1 fully saturated rings. The molecule has 1 aromatic carbocycles. The van der Waals surface area contributed by atoms with Crippen molar-refractivity contribution in [1.82, 2.24) is 14.8 Å². The summed E-state index contributed by atoms with van der Waals surface area (Å²) in [5, 5.41) is 2.39. The third kappa shape index (κ3) is 6.77. The first-order chi connectivity index (χ1) is 19.7. The lowest BCUT2D eigenvalue weighted by Crippen LogP contribution is -2.50. The van der Waals surface area contributed by atoms with E-state index in [0.717, 1.165) is 12.3 Å². The average molecular weight is 594 g/mol. The molecule has 3 heterocycles. The van der Waals surface area contributed by atoms with Crippen molar-refractivity contribution < 1.29 is 31.9 Å². The van der Waals surface area contributed by atoms with Crippen molar-refractivity contribution in [3.05, 3.63) is 63.1 Å². The van der Waals surface area contributed by atoms with E-state index < -0.39 is 52.3 Å². The molecule has 1 atom stereocenters. The third-order valence-electron chi connectivity index (χ3n) is 7.35. The lowest BCUT2D eigenvalue weighted by Gasteiger charge is -2.40. The Morgan fingerprint density at radius 1 is 1.14 bits per heavy atom. The second-order valence-electron chi connectivity index (χ2n) is 11.5. The lowest BCUT2D eigenvalue weighted by molar-refractivity contribution is 0.0270. The van der Waals surface area contributed by atoms with Crippen molar-refractivity contribution in [1.29, 1.82) is 0 Å². The predicted molar refractivity (Wildman–Crippen MR) is 151 cm³/mol. The van der Waals surface area contributed by atoms with Gasteiger partial charge in [-0.2, -0.15) is 0 Å². The third-order valence-corrected chi connectivity index (χ3v) is 7.35. The SMILES string of the molecule is C[C@H]1CN(c2cc(F)c(C3=CCN(C(=O)OC(C)(C)C)CC3)c(F)c2NC(=O)c2c[nH]c(=O)cc2C(F)F)CCN1C. The second-order valence-corrected chi connectivity index (χ2v) is 11.5. The van der Waals surface area contributed by atoms with Crippen LogP contribution in [0.25, 0.3) is 5.57 Å². The molecular formula is C29H35F4N5O4. The number of nitrogens with zero attached hydrogens (tertiary/aromatic N) is 3. The molecule has 1 aromatic heterocycles. The minimum absolute atomic E-state index is 0.0256. The summed E-state index contributed by atoms with van der Waals surface area (Å²) >= 11 is 0. The highest BCUT2D eigenvalue weighted by Crippen LogP contribution is 2.39. The number of rotatable bonds is 5. The number of ether oxygens (including phenoxy) is 1. The molecule has 0 saturated carbocycles. The van der Waals surface area contributed by atoms with E-state index in [2.05, 4.69) is 15.2 Å². The van der Waals surface area contributed by atoms with Crippen LogP contribution in [0, 0.1) is 11.6 Å². The molecule has 228 valence electrons. The maximum atomic E-state index is 16.3. The van der Waals surface area contributed by atoms with Crippen LogP contribution in [-0.2, 0) is 4.74 Å². The number of benzene rings is 1. The Morgan fingerprint density at radius 2 is 1.86 bits per heavy atom. The van der Waals surface area contributed by atoms with Crippen LogP contribution in [0.5, 0.6) is 0 Å². The highest BCUT2D eigenvalue weighted by Gasteiger charge is 2.31. The zero-order valence-corrected chi connectivity index (χ0v) is 24.2. The Labute approximate surface area is 241 Å². The summed E-state index contributed by atoms with van der Waals surface area (Å²) in [4.78, 5) is 44.7. The van der Waals surface area contributed by atoms with Gasteiger partial charge in [0.05, 0.1) is 16.8 Å². The number of alkyl halides is 2. The first-order valence-corrected chi connectivity index (χ1v) is 13.6. The van der Waals surface area contributed by atoms with Gasteiger partial charge < -0.3 is 29.7 Å². The summed E-state index contributed by atoms with van der Waals surface area (Å²) in [5.74, 6) is -3.01. The van der Waals surface area contributed by atoms with Gasteiger partial charge in [-0.05, 0) is 46.7 Å². The Bertz CT molecular complexity index is 1450. The number of nitrogens with one attached hydrogen (secondary N) is 2. The zero-order valence-electron chi connectivity index (χ0n) is 24.2. The highest BCUT2D eigenvalue weighted by molar-refractivity contribution is 6.07. The Hall–Kier alpha value is -3.87. The van der Waals surface area contributed by atoms with E-state index in [4.69, 9.17) is 4.74 Å². The minimum Gasteiger partial charge on any atom is -0.444 e. The number of hydrogen-bond acceptors (Lipinski definition) is 6. The van der Waals surface area contributed by atoms with Crippen molar-refractivity contribution in [2.75, 3.05) is 50.0 Å². The van der Waals surface area contributed by atoms with Crippen molar-refractivity contribution in [2.24, 2.45) is 0 Å². The molecule has 0 bridgehead atoms. The van der Waals surface area contributed by atoms with E-state index >= 15 is 8.78 Å². The van der Waals surface area contributed by atoms with Crippen LogP contribution < -0.4 is 15.8 Å². The monoisotopic (exact) mass is 593 g/mol. The number of piperazine rings is 1. The molecule has 2 aliphatic rings. The highest BCUT2D eigenvalue weighted by atomic mass is 19.3. The fourth-order valence-corrected chi connectivity index (χ4v) is 4.97. The predicted octanol–water partition coefficient (Wildman–Crippen LogP) is 5.01. The standard InChI is InChI=1S/C29H35F4N5O4/c1-16-15-38(11-10-36(16)5)21-13-20(30)23(17-6-8-37(9-7-17)28(41)42-29(2,3)4)24(31)25(21)35-27(40)19-14-34-22(39)12-18(19)26(32)33/h6,12-14,16,26H,7-11,15H2,1-5H3,(H,34,39)(H,35,40)/t16-/m0/s1. The summed E-state index contributed by atoms with van der Waals surface area (Å²) in [6, 6.07) is 1.77. The normalized spacial score (nSPS) is 18.2. The minimum atomic E-state index is -3.14. The fraction of sp³-hybridized carbons (Fsp3) is 0.483. The molecule has 0 aliphatic carbocycles. The van der Waals surface area contributed by atoms with Crippen molar-refractivity contribution in [3.63, 3.8) is 0 Å². The number of carbonyl (C=O) groups is 2. The van der Waals surface area contributed by atoms with E-state index in [1.54, 1.807) is 25.7 Å². The smallest absolute Gasteiger partial charge is 0.410 e. The van der Waals surface area contributed by atoms with Crippen LogP contribution in [0.2, 0.25) is 0 Å². The quantitative estimate of drug-likeness (QED) is 0.474. The van der Waals surface area contributed by atoms with Crippen LogP contribution in [0.3, 0.4) is 0 Å². The number of H-pyrrole nitrogens is 1. The van der Waals surface area contributed by atoms with Crippen molar-refractivity contribution in [3.8, 4) is 0 Å². The fourth-order valence-electron chi connectivity index (χ4n) is 4.97. The maximum Gasteiger partial charge on any atom is 0.410 e. The second kappa shape index (κ2) is 12.2. The van der Waals surface area contributed by atoms with Crippen LogP contribution in [0.1, 0.15) is 62.0 Å². The number of aromatic nitrogens is 1. The van der Waals surface area contributed by atoms with Gasteiger partial charge in [0.1, 0.15) is 17.1 Å². The summed E-state index contributed by atoms with van der Waals surface area (Å²) in [6.07, 6.45) is -1.22. The van der Waals surface area contributed by atoms with Gasteiger partial charge >= 0.3 is 6.09 Å².